The van der Waals surface area contributed by atoms with Crippen molar-refractivity contribution < 1.29 is 12.8 Å². The molecule has 2 rings (SSSR count). The quantitative estimate of drug-likeness (QED) is 0.225. The van der Waals surface area contributed by atoms with Crippen molar-refractivity contribution >= 4 is 21.7 Å². The molecule has 10 heteroatoms. The van der Waals surface area contributed by atoms with Gasteiger partial charge in [-0.15, -0.1) is 4.99 Å². The van der Waals surface area contributed by atoms with Gasteiger partial charge in [-0.05, 0) is 37.8 Å². The first-order valence-electron chi connectivity index (χ1n) is 11.0. The SMILES string of the molecule is N#CN=C(N)N(CCCCCCN(CCF)S(=O)(=O)C1CCCCC1)c1ccncc1. The third-order valence-corrected chi connectivity index (χ3v) is 8.02. The van der Waals surface area contributed by atoms with Gasteiger partial charge in [-0.3, -0.25) is 4.98 Å². The van der Waals surface area contributed by atoms with E-state index in [1.165, 1.54) is 4.31 Å². The zero-order valence-corrected chi connectivity index (χ0v) is 18.8. The summed E-state index contributed by atoms with van der Waals surface area (Å²) in [6.07, 6.45) is 12.5. The number of aromatic nitrogens is 1. The maximum Gasteiger partial charge on any atom is 0.217 e. The van der Waals surface area contributed by atoms with E-state index >= 15 is 0 Å². The van der Waals surface area contributed by atoms with Crippen LogP contribution in [0.5, 0.6) is 0 Å². The molecule has 2 N–H and O–H groups in total. The lowest BCUT2D eigenvalue weighted by Crippen LogP contribution is -2.41. The van der Waals surface area contributed by atoms with E-state index in [4.69, 9.17) is 11.0 Å². The summed E-state index contributed by atoms with van der Waals surface area (Å²) in [6.45, 7) is 0.213. The van der Waals surface area contributed by atoms with Gasteiger partial charge in [-0.2, -0.15) is 9.57 Å². The summed E-state index contributed by atoms with van der Waals surface area (Å²) in [4.78, 5) is 9.37. The predicted molar refractivity (Wildman–Crippen MR) is 121 cm³/mol. The highest BCUT2D eigenvalue weighted by Crippen LogP contribution is 2.26. The zero-order valence-electron chi connectivity index (χ0n) is 18.0. The van der Waals surface area contributed by atoms with Crippen LogP contribution in [-0.4, -0.2) is 55.2 Å². The molecule has 0 aromatic carbocycles. The molecule has 0 radical (unpaired) electrons. The summed E-state index contributed by atoms with van der Waals surface area (Å²) in [5.41, 5.74) is 6.72. The number of aliphatic imine (C=N–C) groups is 1. The molecule has 172 valence electrons. The molecule has 1 aromatic heterocycles. The second kappa shape index (κ2) is 13.2. The molecular weight excluding hydrogens is 419 g/mol. The monoisotopic (exact) mass is 452 g/mol. The Morgan fingerprint density at radius 1 is 1.13 bits per heavy atom. The van der Waals surface area contributed by atoms with Crippen LogP contribution in [0, 0.1) is 11.5 Å². The van der Waals surface area contributed by atoms with Crippen molar-refractivity contribution in [1.29, 1.82) is 5.26 Å². The number of anilines is 1. The number of nitriles is 1. The summed E-state index contributed by atoms with van der Waals surface area (Å²) in [5, 5.41) is 8.44. The number of guanidine groups is 1. The van der Waals surface area contributed by atoms with Gasteiger partial charge in [-0.1, -0.05) is 32.1 Å². The molecule has 1 aliphatic carbocycles. The summed E-state index contributed by atoms with van der Waals surface area (Å²) in [5.74, 6) is 0.126. The highest BCUT2D eigenvalue weighted by atomic mass is 32.2. The molecule has 0 unspecified atom stereocenters. The van der Waals surface area contributed by atoms with E-state index < -0.39 is 16.7 Å². The van der Waals surface area contributed by atoms with E-state index in [0.29, 0.717) is 32.4 Å². The number of rotatable bonds is 12. The Morgan fingerprint density at radius 2 is 1.77 bits per heavy atom. The van der Waals surface area contributed by atoms with Crippen LogP contribution in [0.15, 0.2) is 29.5 Å². The summed E-state index contributed by atoms with van der Waals surface area (Å²) >= 11 is 0. The van der Waals surface area contributed by atoms with Crippen LogP contribution in [0.3, 0.4) is 0 Å². The molecule has 1 aliphatic rings. The van der Waals surface area contributed by atoms with Gasteiger partial charge >= 0.3 is 0 Å². The normalized spacial score (nSPS) is 15.7. The standard InChI is InChI=1S/C21H33FN6O2S/c22-12-17-27(31(29,30)20-8-4-3-5-9-20)15-6-1-2-7-16-28(21(24)26-18-23)19-10-13-25-14-11-19/h10-11,13-14,20H,1-9,12,15-17H2,(H2,24,26). The Hall–Kier alpha value is -2.25. The van der Waals surface area contributed by atoms with E-state index in [1.54, 1.807) is 35.6 Å². The molecular formula is C21H33FN6O2S. The van der Waals surface area contributed by atoms with Crippen molar-refractivity contribution in [2.75, 3.05) is 31.2 Å². The van der Waals surface area contributed by atoms with Gasteiger partial charge in [-0.25, -0.2) is 12.8 Å². The first kappa shape index (κ1) is 25.0. The van der Waals surface area contributed by atoms with Crippen molar-refractivity contribution in [3.05, 3.63) is 24.5 Å². The third kappa shape index (κ3) is 7.74. The van der Waals surface area contributed by atoms with E-state index in [1.807, 2.05) is 0 Å². The Kier molecular flexibility index (Phi) is 10.7. The molecule has 1 fully saturated rings. The number of nitrogens with zero attached hydrogens (tertiary/aromatic N) is 5. The van der Waals surface area contributed by atoms with Gasteiger partial charge in [0.1, 0.15) is 6.67 Å². The van der Waals surface area contributed by atoms with Crippen LogP contribution in [0.4, 0.5) is 10.1 Å². The van der Waals surface area contributed by atoms with E-state index in [-0.39, 0.29) is 17.8 Å². The lowest BCUT2D eigenvalue weighted by molar-refractivity contribution is 0.339. The molecule has 0 amide bonds. The van der Waals surface area contributed by atoms with Crippen molar-refractivity contribution in [2.45, 2.75) is 63.0 Å². The van der Waals surface area contributed by atoms with Crippen LogP contribution in [0.1, 0.15) is 57.8 Å². The minimum atomic E-state index is -3.43. The van der Waals surface area contributed by atoms with Gasteiger partial charge in [0.25, 0.3) is 0 Å². The molecule has 8 nitrogen and oxygen atoms in total. The molecule has 0 aliphatic heterocycles. The zero-order chi connectivity index (χ0) is 22.5. The minimum Gasteiger partial charge on any atom is -0.369 e. The lowest BCUT2D eigenvalue weighted by atomic mass is 10.0. The molecule has 1 saturated carbocycles. The van der Waals surface area contributed by atoms with E-state index in [0.717, 1.165) is 44.2 Å². The highest BCUT2D eigenvalue weighted by Gasteiger charge is 2.32. The number of pyridine rings is 1. The number of unbranched alkanes of at least 4 members (excludes halogenated alkanes) is 3. The van der Waals surface area contributed by atoms with E-state index in [2.05, 4.69) is 9.98 Å². The number of nitrogens with two attached hydrogens (primary N) is 1. The van der Waals surface area contributed by atoms with Crippen LogP contribution < -0.4 is 10.6 Å². The van der Waals surface area contributed by atoms with Crippen molar-refractivity contribution in [3.8, 4) is 6.19 Å². The molecule has 31 heavy (non-hydrogen) atoms. The Balaban J connectivity index is 1.82. The van der Waals surface area contributed by atoms with E-state index in [9.17, 15) is 12.8 Å². The Morgan fingerprint density at radius 3 is 2.39 bits per heavy atom. The molecule has 0 spiro atoms. The summed E-state index contributed by atoms with van der Waals surface area (Å²) in [7, 11) is -3.43. The van der Waals surface area contributed by atoms with Gasteiger partial charge in [0.05, 0.1) is 5.25 Å². The second-order valence-electron chi connectivity index (χ2n) is 7.73. The number of sulfonamides is 1. The molecule has 0 bridgehead atoms. The average molecular weight is 453 g/mol. The molecule has 1 heterocycles. The third-order valence-electron chi connectivity index (χ3n) is 5.62. The predicted octanol–water partition coefficient (Wildman–Crippen LogP) is 3.18. The molecule has 0 atom stereocenters. The van der Waals surface area contributed by atoms with Gasteiger partial charge < -0.3 is 10.6 Å². The fourth-order valence-electron chi connectivity index (χ4n) is 3.96. The van der Waals surface area contributed by atoms with Crippen molar-refractivity contribution in [2.24, 2.45) is 10.7 Å². The highest BCUT2D eigenvalue weighted by molar-refractivity contribution is 7.89. The Bertz CT molecular complexity index is 822. The topological polar surface area (TPSA) is 116 Å². The summed E-state index contributed by atoms with van der Waals surface area (Å²) in [6, 6.07) is 3.59. The maximum absolute atomic E-state index is 13.0. The van der Waals surface area contributed by atoms with Crippen LogP contribution >= 0.6 is 0 Å². The smallest absolute Gasteiger partial charge is 0.217 e. The number of hydrogen-bond donors (Lipinski definition) is 1. The van der Waals surface area contributed by atoms with Gasteiger partial charge in [0.15, 0.2) is 0 Å². The van der Waals surface area contributed by atoms with Crippen LogP contribution in [-0.2, 0) is 10.0 Å². The first-order valence-corrected chi connectivity index (χ1v) is 12.5. The largest absolute Gasteiger partial charge is 0.369 e. The van der Waals surface area contributed by atoms with Crippen LogP contribution in [0.2, 0.25) is 0 Å². The fourth-order valence-corrected chi connectivity index (χ4v) is 6.02. The summed E-state index contributed by atoms with van der Waals surface area (Å²) < 4.78 is 40.1. The van der Waals surface area contributed by atoms with Crippen molar-refractivity contribution in [1.82, 2.24) is 9.29 Å². The van der Waals surface area contributed by atoms with Crippen LogP contribution in [0.25, 0.3) is 0 Å². The number of halogens is 1. The van der Waals surface area contributed by atoms with Gasteiger partial charge in [0, 0.05) is 37.7 Å². The molecule has 0 saturated heterocycles. The van der Waals surface area contributed by atoms with Gasteiger partial charge in [0.2, 0.25) is 22.2 Å². The number of hydrogen-bond acceptors (Lipinski definition) is 5. The molecule has 1 aromatic rings. The second-order valence-corrected chi connectivity index (χ2v) is 9.95. The fraction of sp³-hybridized carbons (Fsp3) is 0.667. The average Bonchev–Trinajstić information content (AvgIpc) is 2.79. The maximum atomic E-state index is 13.0. The lowest BCUT2D eigenvalue weighted by Gasteiger charge is -2.29. The first-order chi connectivity index (χ1) is 15.0. The Labute approximate surface area is 185 Å². The van der Waals surface area contributed by atoms with Crippen molar-refractivity contribution in [3.63, 3.8) is 0 Å². The minimum absolute atomic E-state index is 0.0597. The number of alkyl halides is 1.